The quantitative estimate of drug-likeness (QED) is 0.202. The third-order valence-corrected chi connectivity index (χ3v) is 6.86. The molecule has 0 saturated heterocycles. The van der Waals surface area contributed by atoms with E-state index in [1.165, 1.54) is 12.1 Å². The van der Waals surface area contributed by atoms with Crippen LogP contribution in [0.4, 0.5) is 0 Å². The van der Waals surface area contributed by atoms with Crippen molar-refractivity contribution in [3.63, 3.8) is 0 Å². The Morgan fingerprint density at radius 2 is 1.11 bits per heavy atom. The molecule has 0 atom stereocenters. The highest BCUT2D eigenvalue weighted by molar-refractivity contribution is 7.95. The summed E-state index contributed by atoms with van der Waals surface area (Å²) in [5.74, 6) is -6.67. The van der Waals surface area contributed by atoms with Crippen LogP contribution in [0.3, 0.4) is 0 Å². The van der Waals surface area contributed by atoms with E-state index in [-0.39, 0.29) is 36.2 Å². The van der Waals surface area contributed by atoms with Gasteiger partial charge in [-0.2, -0.15) is 0 Å². The molecule has 0 saturated carbocycles. The Labute approximate surface area is 211 Å². The minimum absolute atomic E-state index is 0.000760. The summed E-state index contributed by atoms with van der Waals surface area (Å²) in [7, 11) is -4.24. The number of benzene rings is 1. The third-order valence-electron chi connectivity index (χ3n) is 4.95. The van der Waals surface area contributed by atoms with Crippen LogP contribution in [0, 0.1) is 18.8 Å². The molecule has 200 valence electrons. The van der Waals surface area contributed by atoms with Gasteiger partial charge in [-0.1, -0.05) is 23.8 Å². The molecule has 0 aliphatic carbocycles. The molecule has 0 amide bonds. The lowest BCUT2D eigenvalue weighted by atomic mass is 10.0. The van der Waals surface area contributed by atoms with Crippen molar-refractivity contribution < 1.29 is 46.5 Å². The topological polar surface area (TPSA) is 139 Å². The summed E-state index contributed by atoms with van der Waals surface area (Å²) < 4.78 is 46.9. The molecule has 36 heavy (non-hydrogen) atoms. The Hall–Kier alpha value is -3.21. The van der Waals surface area contributed by atoms with E-state index in [0.717, 1.165) is 11.6 Å². The van der Waals surface area contributed by atoms with Gasteiger partial charge in [0.25, 0.3) is 0 Å². The molecule has 1 rings (SSSR count). The number of hydrogen-bond acceptors (Lipinski definition) is 10. The lowest BCUT2D eigenvalue weighted by Crippen LogP contribution is -2.30. The van der Waals surface area contributed by atoms with Gasteiger partial charge in [-0.05, 0) is 53.2 Å². The summed E-state index contributed by atoms with van der Waals surface area (Å²) in [6.45, 7) is 7.93. The first-order valence-electron chi connectivity index (χ1n) is 11.7. The Morgan fingerprint density at radius 3 is 1.50 bits per heavy atom. The molecular weight excluding hydrogens is 492 g/mol. The Balaban J connectivity index is 3.58. The zero-order valence-corrected chi connectivity index (χ0v) is 22.1. The molecule has 1 aromatic rings. The monoisotopic (exact) mass is 526 g/mol. The van der Waals surface area contributed by atoms with E-state index in [9.17, 15) is 27.6 Å². The Morgan fingerprint density at radius 1 is 0.722 bits per heavy atom. The molecule has 0 fully saturated rings. The molecule has 0 bridgehead atoms. The van der Waals surface area contributed by atoms with Crippen molar-refractivity contribution in [2.75, 3.05) is 26.4 Å². The van der Waals surface area contributed by atoms with Crippen molar-refractivity contribution in [1.29, 1.82) is 0 Å². The van der Waals surface area contributed by atoms with Crippen LogP contribution in [0.25, 0.3) is 0 Å². The van der Waals surface area contributed by atoms with Crippen molar-refractivity contribution in [2.24, 2.45) is 11.8 Å². The number of carbonyl (C=O) groups excluding carboxylic acids is 4. The Bertz CT molecular complexity index is 1010. The minimum Gasteiger partial charge on any atom is -0.465 e. The van der Waals surface area contributed by atoms with Gasteiger partial charge >= 0.3 is 23.9 Å². The fourth-order valence-electron chi connectivity index (χ4n) is 3.14. The van der Waals surface area contributed by atoms with Crippen molar-refractivity contribution >= 4 is 33.7 Å². The van der Waals surface area contributed by atoms with Crippen LogP contribution in [-0.2, 0) is 48.0 Å². The minimum atomic E-state index is -4.24. The molecule has 0 spiro atoms. The van der Waals surface area contributed by atoms with E-state index in [0.29, 0.717) is 0 Å². The first kappa shape index (κ1) is 30.8. The van der Waals surface area contributed by atoms with Gasteiger partial charge in [0.05, 0.1) is 31.3 Å². The fourth-order valence-corrected chi connectivity index (χ4v) is 4.64. The van der Waals surface area contributed by atoms with Crippen molar-refractivity contribution in [3.8, 4) is 0 Å². The molecule has 0 unspecified atom stereocenters. The van der Waals surface area contributed by atoms with E-state index < -0.39 is 58.4 Å². The average Bonchev–Trinajstić information content (AvgIpc) is 2.81. The zero-order chi connectivity index (χ0) is 27.3. The van der Waals surface area contributed by atoms with E-state index in [1.807, 2.05) is 0 Å². The fraction of sp³-hybridized carbons (Fsp3) is 0.520. The van der Waals surface area contributed by atoms with Gasteiger partial charge in [0.15, 0.2) is 11.8 Å². The molecular formula is C25H34O10S. The number of sulfone groups is 1. The first-order valence-corrected chi connectivity index (χ1v) is 13.2. The molecule has 0 aliphatic rings. The second-order valence-electron chi connectivity index (χ2n) is 7.54. The predicted molar refractivity (Wildman–Crippen MR) is 129 cm³/mol. The second kappa shape index (κ2) is 15.0. The maximum absolute atomic E-state index is 13.5. The maximum Gasteiger partial charge on any atom is 0.320 e. The second-order valence-corrected chi connectivity index (χ2v) is 9.54. The summed E-state index contributed by atoms with van der Waals surface area (Å²) in [6.07, 6.45) is 0.155. The number of ether oxygens (including phenoxy) is 4. The van der Waals surface area contributed by atoms with Gasteiger partial charge in [0, 0.05) is 11.3 Å². The van der Waals surface area contributed by atoms with E-state index >= 15 is 0 Å². The van der Waals surface area contributed by atoms with Gasteiger partial charge in [-0.25, -0.2) is 8.42 Å². The van der Waals surface area contributed by atoms with Crippen molar-refractivity contribution in [3.05, 3.63) is 40.8 Å². The highest BCUT2D eigenvalue weighted by Gasteiger charge is 2.36. The zero-order valence-electron chi connectivity index (χ0n) is 21.3. The molecule has 1 aromatic carbocycles. The lowest BCUT2D eigenvalue weighted by molar-refractivity contribution is -0.163. The number of hydrogen-bond donors (Lipinski definition) is 0. The third kappa shape index (κ3) is 8.78. The summed E-state index contributed by atoms with van der Waals surface area (Å²) in [5.41, 5.74) is 0.820. The van der Waals surface area contributed by atoms with Gasteiger partial charge < -0.3 is 18.9 Å². The molecule has 0 heterocycles. The number of carbonyl (C=O) groups is 4. The van der Waals surface area contributed by atoms with E-state index in [2.05, 4.69) is 0 Å². The molecule has 10 nitrogen and oxygen atoms in total. The SMILES string of the molecule is CCOC(=O)C(C/C=C(\CC(C(=O)OCC)C(=O)OCC)S(=O)(=O)c1ccc(C)cc1)C(=O)OCC. The first-order chi connectivity index (χ1) is 17.0. The average molecular weight is 527 g/mol. The normalized spacial score (nSPS) is 11.8. The van der Waals surface area contributed by atoms with Gasteiger partial charge in [0.2, 0.25) is 9.84 Å². The standard InChI is InChI=1S/C25H34O10S/c1-6-32-22(26)20(23(27)33-7-2)15-14-19(36(30,31)18-12-10-17(5)11-13-18)16-21(24(28)34-8-3)25(29)35-9-4/h10-14,20-21H,6-9,15-16H2,1-5H3/b19-14+. The van der Waals surface area contributed by atoms with Gasteiger partial charge in [-0.15, -0.1) is 0 Å². The number of allylic oxidation sites excluding steroid dienone is 2. The lowest BCUT2D eigenvalue weighted by Gasteiger charge is -2.18. The number of rotatable bonds is 14. The van der Waals surface area contributed by atoms with Gasteiger partial charge in [-0.3, -0.25) is 19.2 Å². The van der Waals surface area contributed by atoms with Crippen LogP contribution in [0.5, 0.6) is 0 Å². The molecule has 11 heteroatoms. The highest BCUT2D eigenvalue weighted by Crippen LogP contribution is 2.28. The van der Waals surface area contributed by atoms with Crippen LogP contribution in [0.1, 0.15) is 46.1 Å². The van der Waals surface area contributed by atoms with Crippen LogP contribution in [0.15, 0.2) is 40.1 Å². The number of esters is 4. The van der Waals surface area contributed by atoms with Crippen molar-refractivity contribution in [1.82, 2.24) is 0 Å². The Kier molecular flexibility index (Phi) is 12.9. The van der Waals surface area contributed by atoms with Crippen LogP contribution in [0.2, 0.25) is 0 Å². The molecule has 0 aromatic heterocycles. The largest absolute Gasteiger partial charge is 0.465 e. The molecule has 0 aliphatic heterocycles. The van der Waals surface area contributed by atoms with Gasteiger partial charge in [0.1, 0.15) is 0 Å². The van der Waals surface area contributed by atoms with Crippen LogP contribution >= 0.6 is 0 Å². The molecule has 0 radical (unpaired) electrons. The number of aryl methyl sites for hydroxylation is 1. The summed E-state index contributed by atoms with van der Waals surface area (Å²) in [4.78, 5) is 49.4. The maximum atomic E-state index is 13.5. The van der Waals surface area contributed by atoms with Crippen LogP contribution in [-0.4, -0.2) is 58.7 Å². The smallest absolute Gasteiger partial charge is 0.320 e. The summed E-state index contributed by atoms with van der Waals surface area (Å²) in [5, 5.41) is 0. The molecule has 0 N–H and O–H groups in total. The van der Waals surface area contributed by atoms with E-state index in [1.54, 1.807) is 46.8 Å². The van der Waals surface area contributed by atoms with Crippen molar-refractivity contribution in [2.45, 2.75) is 52.4 Å². The van der Waals surface area contributed by atoms with E-state index in [4.69, 9.17) is 18.9 Å². The summed E-state index contributed by atoms with van der Waals surface area (Å²) in [6, 6.07) is 5.96. The predicted octanol–water partition coefficient (Wildman–Crippen LogP) is 2.92. The summed E-state index contributed by atoms with van der Waals surface area (Å²) >= 11 is 0. The highest BCUT2D eigenvalue weighted by atomic mass is 32.2. The van der Waals surface area contributed by atoms with Crippen LogP contribution < -0.4 is 0 Å².